The third kappa shape index (κ3) is 12.5. The summed E-state index contributed by atoms with van der Waals surface area (Å²) in [6.45, 7) is 0. The third-order valence-corrected chi connectivity index (χ3v) is 9.78. The van der Waals surface area contributed by atoms with Crippen molar-refractivity contribution < 1.29 is 20.3 Å². The molecule has 0 radical (unpaired) electrons. The van der Waals surface area contributed by atoms with Crippen LogP contribution in [-0.4, -0.2) is 44.2 Å². The van der Waals surface area contributed by atoms with Crippen LogP contribution in [0.1, 0.15) is 116 Å². The first kappa shape index (κ1) is 31.2. The minimum Gasteiger partial charge on any atom is -0.252 e. The molecule has 2 fully saturated rings. The largest absolute Gasteiger partial charge is 0.252 e. The number of halogens is 4. The molecule has 2 N–H and O–H groups in total. The molecule has 0 aliphatic heterocycles. The maximum atomic E-state index is 9.28. The summed E-state index contributed by atoms with van der Waals surface area (Å²) in [4.78, 5) is 9.51. The highest BCUT2D eigenvalue weighted by Crippen LogP contribution is 2.36. The molecule has 0 spiro atoms. The van der Waals surface area contributed by atoms with Gasteiger partial charge in [-0.1, -0.05) is 51.4 Å². The Morgan fingerprint density at radius 2 is 0.912 bits per heavy atom. The van der Waals surface area contributed by atoms with Crippen molar-refractivity contribution >= 4 is 46.4 Å². The van der Waals surface area contributed by atoms with Gasteiger partial charge in [-0.25, -0.2) is 9.78 Å². The second-order valence-electron chi connectivity index (χ2n) is 10.7. The van der Waals surface area contributed by atoms with E-state index < -0.39 is 0 Å². The summed E-state index contributed by atoms with van der Waals surface area (Å²) in [5, 5.41) is 19.1. The average molecular weight is 564 g/mol. The van der Waals surface area contributed by atoms with E-state index in [4.69, 9.17) is 56.2 Å². The van der Waals surface area contributed by atoms with Crippen LogP contribution in [0.25, 0.3) is 0 Å². The van der Waals surface area contributed by atoms with Crippen LogP contribution in [0.4, 0.5) is 0 Å². The highest BCUT2D eigenvalue weighted by Gasteiger charge is 2.31. The van der Waals surface area contributed by atoms with Gasteiger partial charge < -0.3 is 0 Å². The van der Waals surface area contributed by atoms with E-state index in [1.807, 2.05) is 0 Å². The van der Waals surface area contributed by atoms with Gasteiger partial charge in [-0.2, -0.15) is 0 Å². The van der Waals surface area contributed by atoms with E-state index in [9.17, 15) is 10.5 Å². The molecule has 0 aromatic rings. The van der Waals surface area contributed by atoms with Gasteiger partial charge in [0.05, 0.1) is 12.2 Å². The van der Waals surface area contributed by atoms with Crippen LogP contribution in [-0.2, 0) is 9.78 Å². The monoisotopic (exact) mass is 562 g/mol. The normalized spacial score (nSPS) is 31.9. The van der Waals surface area contributed by atoms with Gasteiger partial charge in [-0.15, -0.1) is 46.4 Å². The van der Waals surface area contributed by atoms with Crippen molar-refractivity contribution in [1.82, 2.24) is 0 Å². The van der Waals surface area contributed by atoms with E-state index in [2.05, 4.69) is 0 Å². The Hall–Kier alpha value is 1.00. The lowest BCUT2D eigenvalue weighted by atomic mass is 9.84. The molecule has 2 saturated carbocycles. The van der Waals surface area contributed by atoms with Crippen molar-refractivity contribution in [3.8, 4) is 0 Å². The minimum atomic E-state index is -0.112. The third-order valence-electron chi connectivity index (χ3n) is 7.92. The molecule has 0 heterocycles. The molecule has 0 aromatic heterocycles. The molecule has 8 atom stereocenters. The minimum absolute atomic E-state index is 0.0938. The summed E-state index contributed by atoms with van der Waals surface area (Å²) < 4.78 is 0. The Kier molecular flexibility index (Phi) is 16.8. The predicted molar refractivity (Wildman–Crippen MR) is 144 cm³/mol. The molecule has 8 heteroatoms. The Labute approximate surface area is 227 Å². The van der Waals surface area contributed by atoms with Crippen molar-refractivity contribution in [2.75, 3.05) is 0 Å². The van der Waals surface area contributed by atoms with E-state index >= 15 is 0 Å². The van der Waals surface area contributed by atoms with Crippen molar-refractivity contribution in [2.45, 2.75) is 149 Å². The summed E-state index contributed by atoms with van der Waals surface area (Å²) in [5.41, 5.74) is 0. The zero-order valence-corrected chi connectivity index (χ0v) is 23.6. The van der Waals surface area contributed by atoms with Gasteiger partial charge in [0, 0.05) is 21.5 Å². The maximum absolute atomic E-state index is 9.28. The topological polar surface area (TPSA) is 58.9 Å². The van der Waals surface area contributed by atoms with Crippen molar-refractivity contribution in [2.24, 2.45) is 11.8 Å². The van der Waals surface area contributed by atoms with E-state index in [1.54, 1.807) is 0 Å². The maximum Gasteiger partial charge on any atom is 0.0930 e. The summed E-state index contributed by atoms with van der Waals surface area (Å²) in [5.74, 6) is 0.781. The summed E-state index contributed by atoms with van der Waals surface area (Å²) >= 11 is 25.3. The number of alkyl halides is 4. The van der Waals surface area contributed by atoms with Gasteiger partial charge in [0.25, 0.3) is 0 Å². The van der Waals surface area contributed by atoms with Crippen LogP contribution in [0.5, 0.6) is 0 Å². The fourth-order valence-electron chi connectivity index (χ4n) is 5.70. The SMILES string of the molecule is OOC(CCCCCCCCCCC(CC1CCC(Cl)CC1Cl)OO)CC1CCC(Cl)CC1Cl. The van der Waals surface area contributed by atoms with E-state index in [0.29, 0.717) is 11.8 Å². The molecule has 34 heavy (non-hydrogen) atoms. The second kappa shape index (κ2) is 18.3. The zero-order chi connectivity index (χ0) is 24.8. The van der Waals surface area contributed by atoms with E-state index in [-0.39, 0.29) is 33.7 Å². The van der Waals surface area contributed by atoms with Crippen LogP contribution >= 0.6 is 46.4 Å². The van der Waals surface area contributed by atoms with Crippen LogP contribution in [0.3, 0.4) is 0 Å². The highest BCUT2D eigenvalue weighted by molar-refractivity contribution is 6.24. The summed E-state index contributed by atoms with van der Waals surface area (Å²) in [7, 11) is 0. The Morgan fingerprint density at radius 1 is 0.559 bits per heavy atom. The second-order valence-corrected chi connectivity index (χ2v) is 13.1. The molecule has 0 aromatic carbocycles. The zero-order valence-electron chi connectivity index (χ0n) is 20.6. The van der Waals surface area contributed by atoms with Gasteiger partial charge in [-0.05, 0) is 76.0 Å². The quantitative estimate of drug-likeness (QED) is 0.0800. The lowest BCUT2D eigenvalue weighted by Gasteiger charge is -2.31. The van der Waals surface area contributed by atoms with Crippen molar-refractivity contribution in [1.29, 1.82) is 0 Å². The summed E-state index contributed by atoms with van der Waals surface area (Å²) in [6, 6.07) is 0. The van der Waals surface area contributed by atoms with Gasteiger partial charge in [-0.3, -0.25) is 10.5 Å². The molecule has 4 nitrogen and oxygen atoms in total. The number of hydrogen-bond donors (Lipinski definition) is 2. The molecule has 0 saturated heterocycles. The van der Waals surface area contributed by atoms with Crippen LogP contribution in [0.15, 0.2) is 0 Å². The van der Waals surface area contributed by atoms with Gasteiger partial charge in [0.1, 0.15) is 0 Å². The van der Waals surface area contributed by atoms with Gasteiger partial charge in [0.2, 0.25) is 0 Å². The Morgan fingerprint density at radius 3 is 1.24 bits per heavy atom. The predicted octanol–water partition coefficient (Wildman–Crippen LogP) is 9.41. The van der Waals surface area contributed by atoms with Crippen LogP contribution in [0.2, 0.25) is 0 Å². The number of unbranched alkanes of at least 4 members (excludes halogenated alkanes) is 7. The molecule has 2 aliphatic carbocycles. The fourth-order valence-corrected chi connectivity index (χ4v) is 7.41. The molecule has 2 aliphatic rings. The van der Waals surface area contributed by atoms with Crippen LogP contribution in [0, 0.1) is 11.8 Å². The highest BCUT2D eigenvalue weighted by atomic mass is 35.5. The first-order valence-electron chi connectivity index (χ1n) is 13.6. The van der Waals surface area contributed by atoms with E-state index in [1.165, 1.54) is 38.5 Å². The Balaban J connectivity index is 1.44. The standard InChI is InChI=1S/C26H46Cl4O4/c27-21-13-11-19(25(29)17-21)15-23(33-31)9-7-5-3-1-2-4-6-8-10-24(34-32)16-20-12-14-22(28)18-26(20)30/h19-26,31-32H,1-18H2. The first-order chi connectivity index (χ1) is 16.4. The molecule has 0 bridgehead atoms. The smallest absolute Gasteiger partial charge is 0.0930 e. The van der Waals surface area contributed by atoms with Crippen molar-refractivity contribution in [3.05, 3.63) is 0 Å². The van der Waals surface area contributed by atoms with E-state index in [0.717, 1.165) is 77.0 Å². The van der Waals surface area contributed by atoms with Crippen LogP contribution < -0.4 is 0 Å². The lowest BCUT2D eigenvalue weighted by Crippen LogP contribution is -2.29. The molecule has 0 amide bonds. The molecular weight excluding hydrogens is 518 g/mol. The van der Waals surface area contributed by atoms with Gasteiger partial charge in [0.15, 0.2) is 0 Å². The number of rotatable bonds is 17. The van der Waals surface area contributed by atoms with Gasteiger partial charge >= 0.3 is 0 Å². The average Bonchev–Trinajstić information content (AvgIpc) is 2.81. The fraction of sp³-hybridized carbons (Fsp3) is 1.00. The first-order valence-corrected chi connectivity index (χ1v) is 15.3. The molecular formula is C26H46Cl4O4. The molecule has 2 rings (SSSR count). The lowest BCUT2D eigenvalue weighted by molar-refractivity contribution is -0.283. The van der Waals surface area contributed by atoms with Crippen molar-refractivity contribution in [3.63, 3.8) is 0 Å². The summed E-state index contributed by atoms with van der Waals surface area (Å²) in [6.07, 6.45) is 18.4. The molecule has 202 valence electrons. The number of hydrogen-bond acceptors (Lipinski definition) is 4. The molecule has 8 unspecified atom stereocenters. The Bertz CT molecular complexity index is 471.